The fourth-order valence-corrected chi connectivity index (χ4v) is 5.32. The van der Waals surface area contributed by atoms with Crippen LogP contribution in [0.15, 0.2) is 0 Å². The summed E-state index contributed by atoms with van der Waals surface area (Å²) in [5, 5.41) is 0.395. The van der Waals surface area contributed by atoms with Gasteiger partial charge in [0.25, 0.3) is 0 Å². The predicted octanol–water partition coefficient (Wildman–Crippen LogP) is 5.10. The van der Waals surface area contributed by atoms with Gasteiger partial charge in [-0.05, 0) is 41.4 Å². The highest BCUT2D eigenvalue weighted by Gasteiger charge is 2.80. The SMILES string of the molecule is CCC(Cl)C1(C)CC2(C(C)CC)C(CC)C12. The first-order valence-corrected chi connectivity index (χ1v) is 7.56. The summed E-state index contributed by atoms with van der Waals surface area (Å²) in [6, 6.07) is 0. The van der Waals surface area contributed by atoms with E-state index in [0.29, 0.717) is 16.2 Å². The molecule has 94 valence electrons. The van der Waals surface area contributed by atoms with Gasteiger partial charge in [-0.2, -0.15) is 0 Å². The van der Waals surface area contributed by atoms with E-state index in [4.69, 9.17) is 11.6 Å². The average molecular weight is 243 g/mol. The Morgan fingerprint density at radius 1 is 1.25 bits per heavy atom. The largest absolute Gasteiger partial charge is 0.122 e. The van der Waals surface area contributed by atoms with Gasteiger partial charge in [-0.15, -0.1) is 11.6 Å². The molecule has 2 rings (SSSR count). The van der Waals surface area contributed by atoms with Crippen molar-refractivity contribution >= 4 is 11.6 Å². The van der Waals surface area contributed by atoms with Crippen molar-refractivity contribution in [2.24, 2.45) is 28.6 Å². The molecule has 16 heavy (non-hydrogen) atoms. The molecule has 0 aromatic rings. The van der Waals surface area contributed by atoms with E-state index in [1.807, 2.05) is 0 Å². The quantitative estimate of drug-likeness (QED) is 0.589. The molecule has 0 bridgehead atoms. The van der Waals surface area contributed by atoms with Crippen LogP contribution >= 0.6 is 11.6 Å². The van der Waals surface area contributed by atoms with Gasteiger partial charge < -0.3 is 0 Å². The van der Waals surface area contributed by atoms with Crippen LogP contribution in [0.3, 0.4) is 0 Å². The summed E-state index contributed by atoms with van der Waals surface area (Å²) in [5.74, 6) is 2.80. The predicted molar refractivity (Wildman–Crippen MR) is 71.8 cm³/mol. The molecule has 0 spiro atoms. The maximum absolute atomic E-state index is 6.56. The number of halogens is 1. The van der Waals surface area contributed by atoms with E-state index < -0.39 is 0 Å². The Morgan fingerprint density at radius 2 is 1.88 bits per heavy atom. The van der Waals surface area contributed by atoms with Crippen molar-refractivity contribution in [1.82, 2.24) is 0 Å². The number of hydrogen-bond donors (Lipinski definition) is 0. The van der Waals surface area contributed by atoms with Gasteiger partial charge in [0, 0.05) is 5.38 Å². The molecule has 2 saturated carbocycles. The van der Waals surface area contributed by atoms with Gasteiger partial charge in [0.1, 0.15) is 0 Å². The molecule has 0 radical (unpaired) electrons. The summed E-state index contributed by atoms with van der Waals surface area (Å²) in [4.78, 5) is 0. The number of fused-ring (bicyclic) bond motifs is 1. The van der Waals surface area contributed by atoms with E-state index in [1.165, 1.54) is 19.3 Å². The van der Waals surface area contributed by atoms with Crippen molar-refractivity contribution < 1.29 is 0 Å². The molecule has 0 nitrogen and oxygen atoms in total. The third-order valence-electron chi connectivity index (χ3n) is 6.00. The van der Waals surface area contributed by atoms with Crippen molar-refractivity contribution in [3.8, 4) is 0 Å². The summed E-state index contributed by atoms with van der Waals surface area (Å²) in [6.07, 6.45) is 5.21. The van der Waals surface area contributed by atoms with Crippen LogP contribution in [0.25, 0.3) is 0 Å². The zero-order chi connectivity index (χ0) is 12.1. The lowest BCUT2D eigenvalue weighted by Gasteiger charge is -2.50. The van der Waals surface area contributed by atoms with Crippen LogP contribution in [0.2, 0.25) is 0 Å². The van der Waals surface area contributed by atoms with Crippen LogP contribution in [0.4, 0.5) is 0 Å². The lowest BCUT2D eigenvalue weighted by atomic mass is 9.57. The van der Waals surface area contributed by atoms with Gasteiger partial charge >= 0.3 is 0 Å². The molecule has 6 unspecified atom stereocenters. The average Bonchev–Trinajstić information content (AvgIpc) is 2.87. The zero-order valence-electron chi connectivity index (χ0n) is 11.5. The Kier molecular flexibility index (Phi) is 3.11. The van der Waals surface area contributed by atoms with Crippen molar-refractivity contribution in [1.29, 1.82) is 0 Å². The molecule has 2 aliphatic carbocycles. The Morgan fingerprint density at radius 3 is 2.31 bits per heavy atom. The molecule has 0 aromatic carbocycles. The van der Waals surface area contributed by atoms with Gasteiger partial charge in [0.2, 0.25) is 0 Å². The van der Waals surface area contributed by atoms with Crippen molar-refractivity contribution in [3.63, 3.8) is 0 Å². The van der Waals surface area contributed by atoms with E-state index in [0.717, 1.165) is 24.2 Å². The Labute approximate surface area is 106 Å². The highest BCUT2D eigenvalue weighted by molar-refractivity contribution is 6.21. The Balaban J connectivity index is 2.14. The second-order valence-corrected chi connectivity index (χ2v) is 7.00. The van der Waals surface area contributed by atoms with Gasteiger partial charge in [0.05, 0.1) is 0 Å². The number of rotatable bonds is 5. The first-order valence-electron chi connectivity index (χ1n) is 7.13. The maximum atomic E-state index is 6.56. The highest BCUT2D eigenvalue weighted by atomic mass is 35.5. The number of hydrogen-bond acceptors (Lipinski definition) is 0. The minimum atomic E-state index is 0.395. The molecule has 6 atom stereocenters. The van der Waals surface area contributed by atoms with E-state index >= 15 is 0 Å². The summed E-state index contributed by atoms with van der Waals surface area (Å²) in [6.45, 7) is 11.8. The first-order chi connectivity index (χ1) is 7.48. The summed E-state index contributed by atoms with van der Waals surface area (Å²) < 4.78 is 0. The minimum Gasteiger partial charge on any atom is -0.122 e. The molecule has 0 amide bonds. The molecule has 0 saturated heterocycles. The molecular weight excluding hydrogens is 216 g/mol. The van der Waals surface area contributed by atoms with E-state index in [9.17, 15) is 0 Å². The van der Waals surface area contributed by atoms with Gasteiger partial charge in [-0.1, -0.05) is 47.5 Å². The van der Waals surface area contributed by atoms with Crippen molar-refractivity contribution in [2.45, 2.75) is 65.7 Å². The molecule has 1 heteroatoms. The topological polar surface area (TPSA) is 0 Å². The van der Waals surface area contributed by atoms with Crippen molar-refractivity contribution in [2.75, 3.05) is 0 Å². The smallest absolute Gasteiger partial charge is 0.0390 e. The van der Waals surface area contributed by atoms with Crippen LogP contribution in [-0.4, -0.2) is 5.38 Å². The van der Waals surface area contributed by atoms with Gasteiger partial charge in [-0.25, -0.2) is 0 Å². The van der Waals surface area contributed by atoms with Crippen LogP contribution in [0.5, 0.6) is 0 Å². The minimum absolute atomic E-state index is 0.395. The van der Waals surface area contributed by atoms with E-state index in [-0.39, 0.29) is 0 Å². The molecular formula is C15H27Cl. The van der Waals surface area contributed by atoms with Crippen molar-refractivity contribution in [3.05, 3.63) is 0 Å². The number of alkyl halides is 1. The first kappa shape index (κ1) is 12.7. The third-order valence-corrected chi connectivity index (χ3v) is 6.81. The van der Waals surface area contributed by atoms with Gasteiger partial charge in [-0.3, -0.25) is 0 Å². The van der Waals surface area contributed by atoms with Crippen LogP contribution in [-0.2, 0) is 0 Å². The second kappa shape index (κ2) is 3.90. The Hall–Kier alpha value is 0.290. The lowest BCUT2D eigenvalue weighted by Crippen LogP contribution is -2.45. The lowest BCUT2D eigenvalue weighted by molar-refractivity contribution is 0.0193. The summed E-state index contributed by atoms with van der Waals surface area (Å²) >= 11 is 6.56. The van der Waals surface area contributed by atoms with Crippen LogP contribution in [0, 0.1) is 28.6 Å². The third kappa shape index (κ3) is 1.29. The molecule has 0 N–H and O–H groups in total. The normalized spacial score (nSPS) is 49.1. The van der Waals surface area contributed by atoms with E-state index in [2.05, 4.69) is 34.6 Å². The van der Waals surface area contributed by atoms with Crippen LogP contribution < -0.4 is 0 Å². The molecule has 0 aliphatic heterocycles. The summed E-state index contributed by atoms with van der Waals surface area (Å²) in [5.41, 5.74) is 1.14. The fourth-order valence-electron chi connectivity index (χ4n) is 5.11. The van der Waals surface area contributed by atoms with E-state index in [1.54, 1.807) is 0 Å². The molecule has 2 aliphatic rings. The maximum Gasteiger partial charge on any atom is 0.0390 e. The second-order valence-electron chi connectivity index (χ2n) is 6.47. The zero-order valence-corrected chi connectivity index (χ0v) is 12.3. The molecule has 0 heterocycles. The standard InChI is InChI=1S/C15H27Cl/c1-6-10(4)15-9-14(5,12(16)8-3)13(15)11(15)7-2/h10-13H,6-9H2,1-5H3. The Bertz CT molecular complexity index is 275. The summed E-state index contributed by atoms with van der Waals surface area (Å²) in [7, 11) is 0. The monoisotopic (exact) mass is 242 g/mol. The fraction of sp³-hybridized carbons (Fsp3) is 1.00. The highest BCUT2D eigenvalue weighted by Crippen LogP contribution is 2.85. The van der Waals surface area contributed by atoms with Gasteiger partial charge in [0.15, 0.2) is 0 Å². The molecule has 0 aromatic heterocycles. The van der Waals surface area contributed by atoms with Crippen LogP contribution in [0.1, 0.15) is 60.3 Å². The molecule has 2 fully saturated rings.